The predicted octanol–water partition coefficient (Wildman–Crippen LogP) is 1.57. The minimum Gasteiger partial charge on any atom is -0.483 e. The third-order valence-corrected chi connectivity index (χ3v) is 3.23. The van der Waals surface area contributed by atoms with E-state index in [0.717, 1.165) is 36.4 Å². The number of rotatable bonds is 6. The van der Waals surface area contributed by atoms with Crippen LogP contribution in [0.4, 0.5) is 5.69 Å². The number of ether oxygens (including phenoxy) is 2. The Bertz CT molecular complexity index is 462. The van der Waals surface area contributed by atoms with Gasteiger partial charge < -0.3 is 20.1 Å². The third kappa shape index (κ3) is 3.87. The molecule has 2 N–H and O–H groups in total. The SMILES string of the molecule is COCC(C)NC(=O)COc1cccc2c1CCCN2. The Hall–Kier alpha value is -1.75. The van der Waals surface area contributed by atoms with E-state index in [4.69, 9.17) is 9.47 Å². The molecular weight excluding hydrogens is 256 g/mol. The number of methoxy groups -OCH3 is 1. The van der Waals surface area contributed by atoms with Crippen LogP contribution in [0.25, 0.3) is 0 Å². The van der Waals surface area contributed by atoms with E-state index in [0.29, 0.717) is 6.61 Å². The van der Waals surface area contributed by atoms with Crippen LogP contribution in [0.1, 0.15) is 18.9 Å². The molecule has 2 rings (SSSR count). The Morgan fingerprint density at radius 3 is 3.15 bits per heavy atom. The van der Waals surface area contributed by atoms with Crippen LogP contribution in [-0.4, -0.2) is 38.8 Å². The Kier molecular flexibility index (Phi) is 5.24. The molecule has 0 bridgehead atoms. The van der Waals surface area contributed by atoms with Gasteiger partial charge in [-0.15, -0.1) is 0 Å². The second-order valence-corrected chi connectivity index (χ2v) is 5.03. The standard InChI is InChI=1S/C15H22N2O3/c1-11(9-19-2)17-15(18)10-20-14-7-3-6-13-12(14)5-4-8-16-13/h3,6-7,11,16H,4-5,8-10H2,1-2H3,(H,17,18). The van der Waals surface area contributed by atoms with E-state index in [1.807, 2.05) is 25.1 Å². The Balaban J connectivity index is 1.89. The van der Waals surface area contributed by atoms with Crippen LogP contribution < -0.4 is 15.4 Å². The summed E-state index contributed by atoms with van der Waals surface area (Å²) in [6, 6.07) is 5.89. The minimum atomic E-state index is -0.129. The van der Waals surface area contributed by atoms with Crippen molar-refractivity contribution in [3.8, 4) is 5.75 Å². The number of nitrogens with one attached hydrogen (secondary N) is 2. The Labute approximate surface area is 119 Å². The van der Waals surface area contributed by atoms with E-state index >= 15 is 0 Å². The van der Waals surface area contributed by atoms with E-state index in [-0.39, 0.29) is 18.6 Å². The summed E-state index contributed by atoms with van der Waals surface area (Å²) in [5.74, 6) is 0.667. The van der Waals surface area contributed by atoms with Gasteiger partial charge in [0.05, 0.1) is 6.61 Å². The number of carbonyl (C=O) groups is 1. The van der Waals surface area contributed by atoms with Crippen LogP contribution in [0.15, 0.2) is 18.2 Å². The van der Waals surface area contributed by atoms with Gasteiger partial charge in [0.2, 0.25) is 0 Å². The van der Waals surface area contributed by atoms with Crippen molar-refractivity contribution in [1.29, 1.82) is 0 Å². The molecule has 0 saturated carbocycles. The van der Waals surface area contributed by atoms with Crippen LogP contribution in [0, 0.1) is 0 Å². The quantitative estimate of drug-likeness (QED) is 0.829. The zero-order valence-corrected chi connectivity index (χ0v) is 12.1. The van der Waals surface area contributed by atoms with Crippen molar-refractivity contribution in [2.75, 3.05) is 32.2 Å². The molecule has 0 fully saturated rings. The fourth-order valence-electron chi connectivity index (χ4n) is 2.36. The smallest absolute Gasteiger partial charge is 0.258 e. The van der Waals surface area contributed by atoms with E-state index < -0.39 is 0 Å². The normalized spacial score (nSPS) is 14.9. The number of benzene rings is 1. The van der Waals surface area contributed by atoms with Gasteiger partial charge >= 0.3 is 0 Å². The molecule has 0 aliphatic carbocycles. The van der Waals surface area contributed by atoms with E-state index in [9.17, 15) is 4.79 Å². The maximum absolute atomic E-state index is 11.8. The lowest BCUT2D eigenvalue weighted by Crippen LogP contribution is -2.38. The Morgan fingerprint density at radius 2 is 2.35 bits per heavy atom. The number of hydrogen-bond donors (Lipinski definition) is 2. The van der Waals surface area contributed by atoms with Crippen molar-refractivity contribution in [1.82, 2.24) is 5.32 Å². The highest BCUT2D eigenvalue weighted by molar-refractivity contribution is 5.78. The molecule has 5 heteroatoms. The largest absolute Gasteiger partial charge is 0.483 e. The molecule has 1 aromatic rings. The summed E-state index contributed by atoms with van der Waals surface area (Å²) in [5.41, 5.74) is 2.28. The average Bonchev–Trinajstić information content (AvgIpc) is 2.45. The molecule has 0 saturated heterocycles. The second kappa shape index (κ2) is 7.14. The van der Waals surface area contributed by atoms with Gasteiger partial charge in [-0.1, -0.05) is 6.07 Å². The van der Waals surface area contributed by atoms with Crippen molar-refractivity contribution in [2.24, 2.45) is 0 Å². The molecule has 5 nitrogen and oxygen atoms in total. The molecule has 1 aliphatic heterocycles. The molecule has 1 amide bonds. The van der Waals surface area contributed by atoms with Gasteiger partial charge in [-0.3, -0.25) is 4.79 Å². The average molecular weight is 278 g/mol. The van der Waals surface area contributed by atoms with Crippen LogP contribution in [0.5, 0.6) is 5.75 Å². The Morgan fingerprint density at radius 1 is 1.50 bits per heavy atom. The zero-order chi connectivity index (χ0) is 14.4. The van der Waals surface area contributed by atoms with Crippen molar-refractivity contribution >= 4 is 11.6 Å². The highest BCUT2D eigenvalue weighted by Crippen LogP contribution is 2.30. The number of anilines is 1. The van der Waals surface area contributed by atoms with Gasteiger partial charge in [-0.05, 0) is 31.9 Å². The summed E-state index contributed by atoms with van der Waals surface area (Å²) in [4.78, 5) is 11.8. The first-order valence-electron chi connectivity index (χ1n) is 6.97. The molecule has 1 aromatic carbocycles. The first-order chi connectivity index (χ1) is 9.70. The molecule has 110 valence electrons. The number of hydrogen-bond acceptors (Lipinski definition) is 4. The lowest BCUT2D eigenvalue weighted by molar-refractivity contribution is -0.124. The molecule has 1 aliphatic rings. The molecule has 0 radical (unpaired) electrons. The number of carbonyl (C=O) groups excluding carboxylic acids is 1. The maximum Gasteiger partial charge on any atom is 0.258 e. The van der Waals surface area contributed by atoms with E-state index in [2.05, 4.69) is 10.6 Å². The molecule has 20 heavy (non-hydrogen) atoms. The summed E-state index contributed by atoms with van der Waals surface area (Å²) in [6.45, 7) is 3.42. The van der Waals surface area contributed by atoms with Crippen LogP contribution in [-0.2, 0) is 16.0 Å². The maximum atomic E-state index is 11.8. The van der Waals surface area contributed by atoms with Gasteiger partial charge in [0.1, 0.15) is 5.75 Å². The van der Waals surface area contributed by atoms with E-state index in [1.165, 1.54) is 0 Å². The fraction of sp³-hybridized carbons (Fsp3) is 0.533. The van der Waals surface area contributed by atoms with Crippen molar-refractivity contribution in [3.63, 3.8) is 0 Å². The van der Waals surface area contributed by atoms with Crippen LogP contribution in [0.3, 0.4) is 0 Å². The predicted molar refractivity (Wildman–Crippen MR) is 78.2 cm³/mol. The van der Waals surface area contributed by atoms with Gasteiger partial charge in [-0.25, -0.2) is 0 Å². The number of amides is 1. The van der Waals surface area contributed by atoms with Gasteiger partial charge in [-0.2, -0.15) is 0 Å². The molecule has 0 spiro atoms. The number of fused-ring (bicyclic) bond motifs is 1. The minimum absolute atomic E-state index is 0.0116. The van der Waals surface area contributed by atoms with Crippen LogP contribution in [0.2, 0.25) is 0 Å². The monoisotopic (exact) mass is 278 g/mol. The lowest BCUT2D eigenvalue weighted by Gasteiger charge is -2.21. The summed E-state index contributed by atoms with van der Waals surface area (Å²) in [5, 5.41) is 6.17. The lowest BCUT2D eigenvalue weighted by atomic mass is 10.0. The van der Waals surface area contributed by atoms with Crippen LogP contribution >= 0.6 is 0 Å². The van der Waals surface area contributed by atoms with Gasteiger partial charge in [0.25, 0.3) is 5.91 Å². The van der Waals surface area contributed by atoms with E-state index in [1.54, 1.807) is 7.11 Å². The topological polar surface area (TPSA) is 59.6 Å². The molecular formula is C15H22N2O3. The zero-order valence-electron chi connectivity index (χ0n) is 12.1. The highest BCUT2D eigenvalue weighted by atomic mass is 16.5. The van der Waals surface area contributed by atoms with Crippen molar-refractivity contribution in [3.05, 3.63) is 23.8 Å². The third-order valence-electron chi connectivity index (χ3n) is 3.23. The van der Waals surface area contributed by atoms with Crippen molar-refractivity contribution < 1.29 is 14.3 Å². The van der Waals surface area contributed by atoms with Gasteiger partial charge in [0, 0.05) is 30.9 Å². The first-order valence-corrected chi connectivity index (χ1v) is 6.97. The second-order valence-electron chi connectivity index (χ2n) is 5.03. The summed E-state index contributed by atoms with van der Waals surface area (Å²) >= 11 is 0. The summed E-state index contributed by atoms with van der Waals surface area (Å²) in [6.07, 6.45) is 2.07. The van der Waals surface area contributed by atoms with Gasteiger partial charge in [0.15, 0.2) is 6.61 Å². The summed E-state index contributed by atoms with van der Waals surface area (Å²) < 4.78 is 10.6. The molecule has 1 atom stereocenters. The van der Waals surface area contributed by atoms with Crippen molar-refractivity contribution in [2.45, 2.75) is 25.8 Å². The molecule has 0 aromatic heterocycles. The summed E-state index contributed by atoms with van der Waals surface area (Å²) in [7, 11) is 1.61. The fourth-order valence-corrected chi connectivity index (χ4v) is 2.36. The molecule has 1 unspecified atom stereocenters. The first kappa shape index (κ1) is 14.7. The molecule has 1 heterocycles. The highest BCUT2D eigenvalue weighted by Gasteiger charge is 2.14.